The van der Waals surface area contributed by atoms with E-state index in [1.54, 1.807) is 42.6 Å². The van der Waals surface area contributed by atoms with E-state index in [9.17, 15) is 13.5 Å². The van der Waals surface area contributed by atoms with Gasteiger partial charge in [-0.1, -0.05) is 54.6 Å². The van der Waals surface area contributed by atoms with Crippen molar-refractivity contribution in [3.8, 4) is 17.0 Å². The Morgan fingerprint density at radius 2 is 1.61 bits per heavy atom. The van der Waals surface area contributed by atoms with Gasteiger partial charge in [0.1, 0.15) is 11.6 Å². The molecule has 0 unspecified atom stereocenters. The molecule has 0 bridgehead atoms. The maximum Gasteiger partial charge on any atom is 0.236 e. The summed E-state index contributed by atoms with van der Waals surface area (Å²) in [4.78, 5) is 9.04. The van der Waals surface area contributed by atoms with Crippen LogP contribution in [0.15, 0.2) is 91.1 Å². The van der Waals surface area contributed by atoms with Crippen molar-refractivity contribution in [1.29, 1.82) is 0 Å². The highest BCUT2D eigenvalue weighted by molar-refractivity contribution is 7.91. The van der Waals surface area contributed by atoms with Crippen LogP contribution in [0.1, 0.15) is 23.4 Å². The lowest BCUT2D eigenvalue weighted by Gasteiger charge is -2.10. The molecule has 0 atom stereocenters. The third-order valence-electron chi connectivity index (χ3n) is 5.14. The van der Waals surface area contributed by atoms with Crippen molar-refractivity contribution in [2.75, 3.05) is 4.72 Å². The molecule has 0 saturated carbocycles. The number of hydrogen-bond acceptors (Lipinski definition) is 5. The topological polar surface area (TPSA) is 92.2 Å². The van der Waals surface area contributed by atoms with Gasteiger partial charge in [0.2, 0.25) is 10.0 Å². The molecule has 2 N–H and O–H groups in total. The molecule has 0 saturated heterocycles. The normalized spacial score (nSPS) is 11.3. The maximum atomic E-state index is 12.6. The van der Waals surface area contributed by atoms with Crippen molar-refractivity contribution in [3.63, 3.8) is 0 Å². The Morgan fingerprint density at radius 3 is 2.39 bits per heavy atom. The second-order valence-electron chi connectivity index (χ2n) is 7.81. The Balaban J connectivity index is 1.42. The van der Waals surface area contributed by atoms with Gasteiger partial charge in [0.05, 0.1) is 11.4 Å². The number of aryl methyl sites for hydroxylation is 2. The van der Waals surface area contributed by atoms with Gasteiger partial charge in [-0.25, -0.2) is 18.4 Å². The first-order valence-corrected chi connectivity index (χ1v) is 12.4. The second kappa shape index (κ2) is 10.3. The standard InChI is InChI=1S/C26H25N3O3S/c30-24-14-12-20(13-15-24)8-4-11-26-27-17-16-25(28-26)22-9-5-10-23(18-22)29-33(31,32)19-21-6-2-1-3-7-21/h1-3,5-7,9-10,12-18,29-30H,4,8,11,19H2. The quantitative estimate of drug-likeness (QED) is 0.369. The summed E-state index contributed by atoms with van der Waals surface area (Å²) in [5, 5.41) is 9.39. The average molecular weight is 460 g/mol. The molecule has 7 heteroatoms. The van der Waals surface area contributed by atoms with E-state index in [1.165, 1.54) is 0 Å². The minimum absolute atomic E-state index is 0.0866. The van der Waals surface area contributed by atoms with Crippen LogP contribution in [0.2, 0.25) is 0 Å². The summed E-state index contributed by atoms with van der Waals surface area (Å²) in [6.07, 6.45) is 4.20. The van der Waals surface area contributed by atoms with Gasteiger partial charge in [0.15, 0.2) is 0 Å². The van der Waals surface area contributed by atoms with Gasteiger partial charge >= 0.3 is 0 Å². The molecule has 1 aromatic heterocycles. The van der Waals surface area contributed by atoms with E-state index in [1.807, 2.05) is 48.5 Å². The molecule has 168 valence electrons. The van der Waals surface area contributed by atoms with Gasteiger partial charge in [-0.3, -0.25) is 4.72 Å². The number of benzene rings is 3. The number of anilines is 1. The number of aromatic nitrogens is 2. The third-order valence-corrected chi connectivity index (χ3v) is 6.40. The van der Waals surface area contributed by atoms with Gasteiger partial charge in [-0.2, -0.15) is 0 Å². The van der Waals surface area contributed by atoms with Crippen LogP contribution >= 0.6 is 0 Å². The molecule has 0 aliphatic rings. The lowest BCUT2D eigenvalue weighted by atomic mass is 10.1. The van der Waals surface area contributed by atoms with Gasteiger partial charge < -0.3 is 5.11 Å². The maximum absolute atomic E-state index is 12.6. The minimum atomic E-state index is -3.53. The Hall–Kier alpha value is -3.71. The molecule has 6 nitrogen and oxygen atoms in total. The minimum Gasteiger partial charge on any atom is -0.508 e. The lowest BCUT2D eigenvalue weighted by molar-refractivity contribution is 0.475. The van der Waals surface area contributed by atoms with Crippen LogP contribution in [0.5, 0.6) is 5.75 Å². The van der Waals surface area contributed by atoms with E-state index in [4.69, 9.17) is 0 Å². The summed E-state index contributed by atoms with van der Waals surface area (Å²) in [6.45, 7) is 0. The molecule has 0 fully saturated rings. The molecule has 0 aliphatic heterocycles. The molecule has 4 rings (SSSR count). The summed E-state index contributed by atoms with van der Waals surface area (Å²) >= 11 is 0. The number of sulfonamides is 1. The van der Waals surface area contributed by atoms with Crippen molar-refractivity contribution < 1.29 is 13.5 Å². The summed E-state index contributed by atoms with van der Waals surface area (Å²) in [5.41, 5.74) is 3.94. The van der Waals surface area contributed by atoms with Crippen molar-refractivity contribution in [2.45, 2.75) is 25.0 Å². The number of rotatable bonds is 9. The predicted molar refractivity (Wildman–Crippen MR) is 130 cm³/mol. The Bertz CT molecular complexity index is 1310. The van der Waals surface area contributed by atoms with Gasteiger partial charge in [-0.05, 0) is 54.3 Å². The molecule has 3 aromatic carbocycles. The zero-order valence-electron chi connectivity index (χ0n) is 18.1. The Kier molecular flexibility index (Phi) is 7.00. The largest absolute Gasteiger partial charge is 0.508 e. The SMILES string of the molecule is O=S(=O)(Cc1ccccc1)Nc1cccc(-c2ccnc(CCCc3ccc(O)cc3)n2)c1. The van der Waals surface area contributed by atoms with Gasteiger partial charge in [-0.15, -0.1) is 0 Å². The van der Waals surface area contributed by atoms with Crippen molar-refractivity contribution >= 4 is 15.7 Å². The lowest BCUT2D eigenvalue weighted by Crippen LogP contribution is -2.15. The molecule has 0 aliphatic carbocycles. The molecule has 1 heterocycles. The van der Waals surface area contributed by atoms with Crippen LogP contribution in [-0.4, -0.2) is 23.5 Å². The van der Waals surface area contributed by atoms with Crippen LogP contribution in [0.3, 0.4) is 0 Å². The number of nitrogens with one attached hydrogen (secondary N) is 1. The highest BCUT2D eigenvalue weighted by Gasteiger charge is 2.12. The number of aromatic hydroxyl groups is 1. The number of hydrogen-bond donors (Lipinski definition) is 2. The molecule has 33 heavy (non-hydrogen) atoms. The fourth-order valence-electron chi connectivity index (χ4n) is 3.54. The van der Waals surface area contributed by atoms with Crippen LogP contribution < -0.4 is 4.72 Å². The smallest absolute Gasteiger partial charge is 0.236 e. The van der Waals surface area contributed by atoms with Crippen LogP contribution in [-0.2, 0) is 28.6 Å². The summed E-state index contributed by atoms with van der Waals surface area (Å²) < 4.78 is 27.8. The highest BCUT2D eigenvalue weighted by Crippen LogP contribution is 2.22. The first kappa shape index (κ1) is 22.5. The fraction of sp³-hybridized carbons (Fsp3) is 0.154. The second-order valence-corrected chi connectivity index (χ2v) is 9.53. The van der Waals surface area contributed by atoms with E-state index >= 15 is 0 Å². The zero-order chi connectivity index (χ0) is 23.1. The summed E-state index contributed by atoms with van der Waals surface area (Å²) in [5.74, 6) is 0.914. The van der Waals surface area contributed by atoms with Crippen LogP contribution in [0.25, 0.3) is 11.3 Å². The fourth-order valence-corrected chi connectivity index (χ4v) is 4.73. The molecule has 0 spiro atoms. The Morgan fingerprint density at radius 1 is 0.818 bits per heavy atom. The monoisotopic (exact) mass is 459 g/mol. The number of phenols is 1. The number of nitrogens with zero attached hydrogens (tertiary/aromatic N) is 2. The summed E-state index contributed by atoms with van der Waals surface area (Å²) in [6, 6.07) is 25.3. The first-order valence-electron chi connectivity index (χ1n) is 10.7. The molecule has 4 aromatic rings. The third kappa shape index (κ3) is 6.63. The zero-order valence-corrected chi connectivity index (χ0v) is 18.9. The molecule has 0 amide bonds. The van der Waals surface area contributed by atoms with E-state index in [0.717, 1.165) is 47.5 Å². The summed E-state index contributed by atoms with van der Waals surface area (Å²) in [7, 11) is -3.53. The van der Waals surface area contributed by atoms with Crippen molar-refractivity contribution in [1.82, 2.24) is 9.97 Å². The van der Waals surface area contributed by atoms with Gasteiger partial charge in [0, 0.05) is 23.9 Å². The van der Waals surface area contributed by atoms with E-state index in [-0.39, 0.29) is 11.5 Å². The van der Waals surface area contributed by atoms with Crippen molar-refractivity contribution in [3.05, 3.63) is 108 Å². The number of phenolic OH excluding ortho intramolecular Hbond substituents is 1. The molecule has 0 radical (unpaired) electrons. The van der Waals surface area contributed by atoms with Crippen molar-refractivity contribution in [2.24, 2.45) is 0 Å². The average Bonchev–Trinajstić information content (AvgIpc) is 2.81. The van der Waals surface area contributed by atoms with Crippen LogP contribution in [0.4, 0.5) is 5.69 Å². The molecular formula is C26H25N3O3S. The van der Waals surface area contributed by atoms with Crippen LogP contribution in [0, 0.1) is 0 Å². The predicted octanol–water partition coefficient (Wildman–Crippen LogP) is 4.97. The van der Waals surface area contributed by atoms with E-state index < -0.39 is 10.0 Å². The van der Waals surface area contributed by atoms with E-state index in [0.29, 0.717) is 5.69 Å². The first-order chi connectivity index (χ1) is 16.0. The molecular weight excluding hydrogens is 434 g/mol. The highest BCUT2D eigenvalue weighted by atomic mass is 32.2. The van der Waals surface area contributed by atoms with Gasteiger partial charge in [0.25, 0.3) is 0 Å². The Labute approximate surface area is 194 Å². The van der Waals surface area contributed by atoms with E-state index in [2.05, 4.69) is 14.7 Å².